The fraction of sp³-hybridized carbons (Fsp3) is 0.600. The maximum absolute atomic E-state index is 11.3. The number of aliphatic hydroxyl groups is 1. The maximum Gasteiger partial charge on any atom is 0.313 e. The molecule has 1 atom stereocenters. The molecule has 1 unspecified atom stereocenters. The lowest BCUT2D eigenvalue weighted by Gasteiger charge is -2.03. The van der Waals surface area contributed by atoms with Crippen molar-refractivity contribution in [1.82, 2.24) is 0 Å². The molecule has 0 aromatic heterocycles. The van der Waals surface area contributed by atoms with Gasteiger partial charge in [0.2, 0.25) is 0 Å². The Hall–Kier alpha value is -1.42. The van der Waals surface area contributed by atoms with Gasteiger partial charge in [-0.05, 0) is 12.8 Å². The molecule has 1 N–H and O–H groups in total. The molecule has 0 rings (SSSR count). The number of methoxy groups -OCH3 is 1. The van der Waals surface area contributed by atoms with Crippen LogP contribution in [-0.4, -0.2) is 30.1 Å². The molecule has 0 aliphatic carbocycles. The molecule has 0 aromatic rings. The second kappa shape index (κ2) is 11.7. The van der Waals surface area contributed by atoms with Gasteiger partial charge >= 0.3 is 5.97 Å². The second-order valence-corrected chi connectivity index (χ2v) is 4.37. The number of rotatable bonds is 10. The first-order chi connectivity index (χ1) is 9.10. The van der Waals surface area contributed by atoms with Crippen molar-refractivity contribution in [1.29, 1.82) is 0 Å². The standard InChI is InChI=1S/C15H24O4/c1-3-4-5-6-7-8-9-10-13(16)11-14(17)12-15(18)19-2/h7-10,13,16H,3-6,11-12H2,1-2H3. The summed E-state index contributed by atoms with van der Waals surface area (Å²) in [6, 6.07) is 0. The van der Waals surface area contributed by atoms with E-state index in [2.05, 4.69) is 11.7 Å². The molecule has 0 fully saturated rings. The Morgan fingerprint density at radius 2 is 2.00 bits per heavy atom. The van der Waals surface area contributed by atoms with E-state index in [9.17, 15) is 14.7 Å². The van der Waals surface area contributed by atoms with Gasteiger partial charge in [0.15, 0.2) is 0 Å². The van der Waals surface area contributed by atoms with Gasteiger partial charge in [-0.2, -0.15) is 0 Å². The molecule has 0 heterocycles. The van der Waals surface area contributed by atoms with Crippen LogP contribution >= 0.6 is 0 Å². The van der Waals surface area contributed by atoms with Gasteiger partial charge in [-0.15, -0.1) is 0 Å². The average molecular weight is 268 g/mol. The largest absolute Gasteiger partial charge is 0.469 e. The highest BCUT2D eigenvalue weighted by Gasteiger charge is 2.12. The van der Waals surface area contributed by atoms with Crippen LogP contribution in [0, 0.1) is 0 Å². The predicted molar refractivity (Wildman–Crippen MR) is 74.7 cm³/mol. The number of hydrogen-bond donors (Lipinski definition) is 1. The average Bonchev–Trinajstić information content (AvgIpc) is 2.37. The topological polar surface area (TPSA) is 63.6 Å². The van der Waals surface area contributed by atoms with E-state index in [-0.39, 0.29) is 18.6 Å². The van der Waals surface area contributed by atoms with Gasteiger partial charge in [-0.25, -0.2) is 0 Å². The van der Waals surface area contributed by atoms with E-state index in [1.165, 1.54) is 26.4 Å². The van der Waals surface area contributed by atoms with Crippen LogP contribution in [0.4, 0.5) is 0 Å². The van der Waals surface area contributed by atoms with Gasteiger partial charge in [-0.3, -0.25) is 9.59 Å². The monoisotopic (exact) mass is 268 g/mol. The lowest BCUT2D eigenvalue weighted by atomic mass is 10.1. The van der Waals surface area contributed by atoms with Gasteiger partial charge < -0.3 is 9.84 Å². The predicted octanol–water partition coefficient (Wildman–Crippen LogP) is 2.56. The third-order valence-electron chi connectivity index (χ3n) is 2.56. The lowest BCUT2D eigenvalue weighted by molar-refractivity contribution is -0.143. The summed E-state index contributed by atoms with van der Waals surface area (Å²) in [5.41, 5.74) is 0. The summed E-state index contributed by atoms with van der Waals surface area (Å²) in [6.45, 7) is 2.16. The van der Waals surface area contributed by atoms with E-state index in [4.69, 9.17) is 0 Å². The molecule has 19 heavy (non-hydrogen) atoms. The van der Waals surface area contributed by atoms with E-state index < -0.39 is 12.1 Å². The number of Topliss-reactive ketones (excluding diaryl/α,β-unsaturated/α-hetero) is 1. The fourth-order valence-electron chi connectivity index (χ4n) is 1.49. The Labute approximate surface area is 115 Å². The number of allylic oxidation sites excluding steroid dienone is 3. The molecule has 0 aliphatic heterocycles. The van der Waals surface area contributed by atoms with Crippen LogP contribution in [-0.2, 0) is 14.3 Å². The molecular weight excluding hydrogens is 244 g/mol. The summed E-state index contributed by atoms with van der Waals surface area (Å²) < 4.78 is 4.38. The van der Waals surface area contributed by atoms with E-state index in [1.807, 2.05) is 12.2 Å². The molecular formula is C15H24O4. The Bertz CT molecular complexity index is 318. The normalized spacial score (nSPS) is 13.0. The third kappa shape index (κ3) is 11.4. The zero-order valence-corrected chi connectivity index (χ0v) is 11.8. The van der Waals surface area contributed by atoms with Crippen LogP contribution in [0.1, 0.15) is 45.4 Å². The summed E-state index contributed by atoms with van der Waals surface area (Å²) >= 11 is 0. The van der Waals surface area contributed by atoms with Crippen LogP contribution in [0.25, 0.3) is 0 Å². The molecule has 108 valence electrons. The SMILES string of the molecule is CCCCCC=CC=CC(O)CC(=O)CC(=O)OC. The molecule has 0 radical (unpaired) electrons. The second-order valence-electron chi connectivity index (χ2n) is 4.37. The minimum atomic E-state index is -0.850. The number of aliphatic hydroxyl groups excluding tert-OH is 1. The van der Waals surface area contributed by atoms with Crippen molar-refractivity contribution in [3.8, 4) is 0 Å². The zero-order chi connectivity index (χ0) is 14.5. The van der Waals surface area contributed by atoms with Gasteiger partial charge in [0.05, 0.1) is 13.2 Å². The van der Waals surface area contributed by atoms with Gasteiger partial charge in [0.1, 0.15) is 12.2 Å². The van der Waals surface area contributed by atoms with Crippen LogP contribution in [0.5, 0.6) is 0 Å². The Kier molecular flexibility index (Phi) is 10.8. The van der Waals surface area contributed by atoms with Crippen molar-refractivity contribution in [2.45, 2.75) is 51.6 Å². The highest BCUT2D eigenvalue weighted by molar-refractivity contribution is 5.95. The van der Waals surface area contributed by atoms with E-state index in [0.29, 0.717) is 0 Å². The van der Waals surface area contributed by atoms with Crippen LogP contribution in [0.15, 0.2) is 24.3 Å². The molecule has 4 nitrogen and oxygen atoms in total. The summed E-state index contributed by atoms with van der Waals surface area (Å²) in [5.74, 6) is -0.895. The molecule has 4 heteroatoms. The third-order valence-corrected chi connectivity index (χ3v) is 2.56. The molecule has 0 amide bonds. The lowest BCUT2D eigenvalue weighted by Crippen LogP contribution is -2.15. The molecule has 0 aromatic carbocycles. The molecule has 0 saturated heterocycles. The molecule has 0 saturated carbocycles. The summed E-state index contributed by atoms with van der Waals surface area (Å²) in [5, 5.41) is 9.55. The van der Waals surface area contributed by atoms with Crippen LogP contribution in [0.2, 0.25) is 0 Å². The minimum absolute atomic E-state index is 0.0602. The van der Waals surface area contributed by atoms with Gasteiger partial charge in [-0.1, -0.05) is 44.1 Å². The van der Waals surface area contributed by atoms with Crippen LogP contribution in [0.3, 0.4) is 0 Å². The zero-order valence-electron chi connectivity index (χ0n) is 11.8. The molecule has 0 bridgehead atoms. The fourth-order valence-corrected chi connectivity index (χ4v) is 1.49. The smallest absolute Gasteiger partial charge is 0.313 e. The van der Waals surface area contributed by atoms with Gasteiger partial charge in [0.25, 0.3) is 0 Å². The van der Waals surface area contributed by atoms with Crippen molar-refractivity contribution >= 4 is 11.8 Å². The number of hydrogen-bond acceptors (Lipinski definition) is 4. The van der Waals surface area contributed by atoms with Crippen molar-refractivity contribution in [3.63, 3.8) is 0 Å². The first kappa shape index (κ1) is 17.6. The number of unbranched alkanes of at least 4 members (excludes halogenated alkanes) is 3. The Morgan fingerprint density at radius 1 is 1.26 bits per heavy atom. The highest BCUT2D eigenvalue weighted by atomic mass is 16.5. The summed E-state index contributed by atoms with van der Waals surface area (Å²) in [6.07, 6.45) is 10.6. The summed E-state index contributed by atoms with van der Waals surface area (Å²) in [7, 11) is 1.23. The number of carbonyl (C=O) groups excluding carboxylic acids is 2. The minimum Gasteiger partial charge on any atom is -0.469 e. The number of ketones is 1. The molecule has 0 aliphatic rings. The number of carbonyl (C=O) groups is 2. The molecule has 0 spiro atoms. The first-order valence-electron chi connectivity index (χ1n) is 6.70. The number of ether oxygens (including phenoxy) is 1. The quantitative estimate of drug-likeness (QED) is 0.286. The first-order valence-corrected chi connectivity index (χ1v) is 6.70. The van der Waals surface area contributed by atoms with Crippen molar-refractivity contribution < 1.29 is 19.4 Å². The van der Waals surface area contributed by atoms with E-state index in [1.54, 1.807) is 12.2 Å². The highest BCUT2D eigenvalue weighted by Crippen LogP contribution is 2.02. The Balaban J connectivity index is 3.80. The van der Waals surface area contributed by atoms with Gasteiger partial charge in [0, 0.05) is 6.42 Å². The number of esters is 1. The van der Waals surface area contributed by atoms with Crippen molar-refractivity contribution in [2.75, 3.05) is 7.11 Å². The van der Waals surface area contributed by atoms with E-state index >= 15 is 0 Å². The van der Waals surface area contributed by atoms with Crippen molar-refractivity contribution in [2.24, 2.45) is 0 Å². The van der Waals surface area contributed by atoms with Crippen LogP contribution < -0.4 is 0 Å². The maximum atomic E-state index is 11.3. The van der Waals surface area contributed by atoms with E-state index in [0.717, 1.165) is 6.42 Å². The summed E-state index contributed by atoms with van der Waals surface area (Å²) in [4.78, 5) is 22.2. The Morgan fingerprint density at radius 3 is 2.63 bits per heavy atom. The van der Waals surface area contributed by atoms with Crippen molar-refractivity contribution in [3.05, 3.63) is 24.3 Å².